The van der Waals surface area contributed by atoms with Gasteiger partial charge in [-0.25, -0.2) is 4.98 Å². The summed E-state index contributed by atoms with van der Waals surface area (Å²) in [4.78, 5) is 31.8. The van der Waals surface area contributed by atoms with Crippen LogP contribution in [-0.4, -0.2) is 40.1 Å². The third-order valence-electron chi connectivity index (χ3n) is 5.05. The van der Waals surface area contributed by atoms with Gasteiger partial charge in [0, 0.05) is 30.4 Å². The van der Waals surface area contributed by atoms with Gasteiger partial charge in [0.15, 0.2) is 0 Å². The Balaban J connectivity index is 1.77. The van der Waals surface area contributed by atoms with Gasteiger partial charge in [0.25, 0.3) is 5.56 Å². The van der Waals surface area contributed by atoms with Crippen molar-refractivity contribution in [3.8, 4) is 10.6 Å². The first-order valence-electron chi connectivity index (χ1n) is 9.92. The molecule has 4 rings (SSSR count). The molecule has 0 spiro atoms. The summed E-state index contributed by atoms with van der Waals surface area (Å²) in [5.41, 5.74) is 8.32. The fraction of sp³-hybridized carbons (Fsp3) is 0.333. The molecule has 0 radical (unpaired) electrons. The molecule has 1 fully saturated rings. The Morgan fingerprint density at radius 2 is 2.00 bits per heavy atom. The van der Waals surface area contributed by atoms with Crippen LogP contribution >= 0.6 is 11.3 Å². The van der Waals surface area contributed by atoms with E-state index in [-0.39, 0.29) is 18.0 Å². The average Bonchev–Trinajstić information content (AvgIpc) is 3.19. The van der Waals surface area contributed by atoms with Crippen LogP contribution in [0.15, 0.2) is 35.6 Å². The Morgan fingerprint density at radius 1 is 1.23 bits per heavy atom. The van der Waals surface area contributed by atoms with Crippen LogP contribution in [0.1, 0.15) is 31.7 Å². The molecule has 1 saturated heterocycles. The molecule has 0 bridgehead atoms. The van der Waals surface area contributed by atoms with Gasteiger partial charge in [-0.1, -0.05) is 23.5 Å². The molecule has 0 saturated carbocycles. The van der Waals surface area contributed by atoms with Crippen molar-refractivity contribution < 1.29 is 4.79 Å². The molecule has 156 valence electrons. The number of piperidine rings is 1. The zero-order valence-corrected chi connectivity index (χ0v) is 17.7. The molecule has 1 amide bonds. The molecule has 2 aromatic heterocycles. The van der Waals surface area contributed by atoms with Crippen molar-refractivity contribution in [2.24, 2.45) is 5.73 Å². The quantitative estimate of drug-likeness (QED) is 0.652. The lowest BCUT2D eigenvalue weighted by atomic mass is 10.0. The monoisotopic (exact) mass is 424 g/mol. The van der Waals surface area contributed by atoms with Crippen LogP contribution in [0.3, 0.4) is 0 Å². The number of anilines is 2. The fourth-order valence-electron chi connectivity index (χ4n) is 3.48. The summed E-state index contributed by atoms with van der Waals surface area (Å²) in [5, 5.41) is 7.90. The molecule has 3 N–H and O–H groups in total. The van der Waals surface area contributed by atoms with Crippen molar-refractivity contribution in [2.75, 3.05) is 29.9 Å². The van der Waals surface area contributed by atoms with E-state index < -0.39 is 0 Å². The maximum atomic E-state index is 12.7. The fourth-order valence-corrected chi connectivity index (χ4v) is 4.37. The van der Waals surface area contributed by atoms with Crippen molar-refractivity contribution in [3.63, 3.8) is 0 Å². The Labute approximate surface area is 178 Å². The summed E-state index contributed by atoms with van der Waals surface area (Å²) in [6.07, 6.45) is 3.44. The highest BCUT2D eigenvalue weighted by atomic mass is 32.1. The predicted molar refractivity (Wildman–Crippen MR) is 121 cm³/mol. The first-order chi connectivity index (χ1) is 14.4. The number of amides is 1. The van der Waals surface area contributed by atoms with Crippen LogP contribution in [0.5, 0.6) is 0 Å². The molecule has 1 aromatic carbocycles. The third kappa shape index (κ3) is 4.12. The maximum Gasteiger partial charge on any atom is 0.277 e. The van der Waals surface area contributed by atoms with Crippen molar-refractivity contribution in [3.05, 3.63) is 46.8 Å². The van der Waals surface area contributed by atoms with Gasteiger partial charge in [0.05, 0.1) is 6.54 Å². The van der Waals surface area contributed by atoms with E-state index in [0.29, 0.717) is 21.5 Å². The van der Waals surface area contributed by atoms with Gasteiger partial charge >= 0.3 is 0 Å². The number of fused-ring (bicyclic) bond motifs is 1. The molecule has 0 unspecified atom stereocenters. The number of carbonyl (C=O) groups is 1. The lowest BCUT2D eigenvalue weighted by molar-refractivity contribution is -0.114. The predicted octanol–water partition coefficient (Wildman–Crippen LogP) is 2.74. The second-order valence-corrected chi connectivity index (χ2v) is 8.39. The number of benzene rings is 1. The Morgan fingerprint density at radius 3 is 2.70 bits per heavy atom. The van der Waals surface area contributed by atoms with E-state index in [0.717, 1.165) is 42.6 Å². The van der Waals surface area contributed by atoms with Gasteiger partial charge in [-0.05, 0) is 49.9 Å². The number of hydrogen-bond donors (Lipinski definition) is 2. The van der Waals surface area contributed by atoms with Gasteiger partial charge in [0.2, 0.25) is 10.9 Å². The Bertz CT molecular complexity index is 1180. The number of nitrogens with two attached hydrogens (primary N) is 1. The molecule has 0 atom stereocenters. The summed E-state index contributed by atoms with van der Waals surface area (Å²) in [7, 11) is 0. The highest BCUT2D eigenvalue weighted by Crippen LogP contribution is 2.31. The zero-order valence-electron chi connectivity index (χ0n) is 16.9. The van der Waals surface area contributed by atoms with Gasteiger partial charge in [-0.2, -0.15) is 9.61 Å². The summed E-state index contributed by atoms with van der Waals surface area (Å²) in [6.45, 7) is 7.61. The van der Waals surface area contributed by atoms with Crippen LogP contribution < -0.4 is 21.5 Å². The number of hydrogen-bond acceptors (Lipinski definition) is 7. The van der Waals surface area contributed by atoms with Crippen LogP contribution in [0.4, 0.5) is 11.5 Å². The molecule has 30 heavy (non-hydrogen) atoms. The molecule has 3 aromatic rings. The van der Waals surface area contributed by atoms with Gasteiger partial charge in [-0.15, -0.1) is 0 Å². The number of nitrogens with one attached hydrogen (secondary N) is 1. The maximum absolute atomic E-state index is 12.7. The SMILES string of the molecule is C=C(C)c1cc(NC(=O)CN)cc(-c2nn3c(=O)cc(N4CCCCC4)nc3s2)c1. The van der Waals surface area contributed by atoms with E-state index in [4.69, 9.17) is 5.73 Å². The van der Waals surface area contributed by atoms with Crippen molar-refractivity contribution in [2.45, 2.75) is 26.2 Å². The van der Waals surface area contributed by atoms with Crippen molar-refractivity contribution in [1.29, 1.82) is 0 Å². The van der Waals surface area contributed by atoms with E-state index in [9.17, 15) is 9.59 Å². The lowest BCUT2D eigenvalue weighted by Crippen LogP contribution is -2.31. The Hall–Kier alpha value is -3.04. The second-order valence-electron chi connectivity index (χ2n) is 7.43. The number of aromatic nitrogens is 3. The van der Waals surface area contributed by atoms with Crippen molar-refractivity contribution >= 4 is 39.3 Å². The summed E-state index contributed by atoms with van der Waals surface area (Å²) < 4.78 is 1.33. The van der Waals surface area contributed by atoms with Gasteiger partial charge < -0.3 is 16.0 Å². The molecular formula is C21H24N6O2S. The van der Waals surface area contributed by atoms with Crippen LogP contribution in [-0.2, 0) is 4.79 Å². The molecule has 0 aliphatic carbocycles. The lowest BCUT2D eigenvalue weighted by Gasteiger charge is -2.27. The first-order valence-corrected chi connectivity index (χ1v) is 10.7. The van der Waals surface area contributed by atoms with Crippen LogP contribution in [0, 0.1) is 0 Å². The Kier molecular flexibility index (Phi) is 5.65. The van der Waals surface area contributed by atoms with E-state index in [1.54, 1.807) is 6.07 Å². The van der Waals surface area contributed by atoms with Gasteiger partial charge in [-0.3, -0.25) is 9.59 Å². The first kappa shape index (κ1) is 20.2. The van der Waals surface area contributed by atoms with Gasteiger partial charge in [0.1, 0.15) is 10.8 Å². The van der Waals surface area contributed by atoms with E-state index in [2.05, 4.69) is 26.9 Å². The highest BCUT2D eigenvalue weighted by Gasteiger charge is 2.17. The number of rotatable bonds is 5. The van der Waals surface area contributed by atoms with E-state index >= 15 is 0 Å². The average molecular weight is 425 g/mol. The smallest absolute Gasteiger partial charge is 0.277 e. The normalized spacial score (nSPS) is 14.1. The van der Waals surface area contributed by atoms with E-state index in [1.807, 2.05) is 25.1 Å². The zero-order chi connectivity index (χ0) is 21.3. The minimum Gasteiger partial charge on any atom is -0.356 e. The summed E-state index contributed by atoms with van der Waals surface area (Å²) in [5.74, 6) is 0.426. The molecular weight excluding hydrogens is 400 g/mol. The highest BCUT2D eigenvalue weighted by molar-refractivity contribution is 7.19. The minimum atomic E-state index is -0.284. The molecule has 8 nitrogen and oxygen atoms in total. The van der Waals surface area contributed by atoms with Crippen LogP contribution in [0.2, 0.25) is 0 Å². The summed E-state index contributed by atoms with van der Waals surface area (Å²) >= 11 is 1.34. The van der Waals surface area contributed by atoms with Crippen LogP contribution in [0.25, 0.3) is 21.1 Å². The standard InChI is InChI=1S/C21H24N6O2S/c1-13(2)14-8-15(10-16(9-14)23-18(28)12-22)20-25-27-19(29)11-17(24-21(27)30-20)26-6-4-3-5-7-26/h8-11H,1,3-7,12,22H2,2H3,(H,23,28). The molecule has 1 aliphatic heterocycles. The summed E-state index contributed by atoms with van der Waals surface area (Å²) in [6, 6.07) is 7.15. The topological polar surface area (TPSA) is 106 Å². The largest absolute Gasteiger partial charge is 0.356 e. The van der Waals surface area contributed by atoms with Crippen molar-refractivity contribution in [1.82, 2.24) is 14.6 Å². The molecule has 1 aliphatic rings. The molecule has 9 heteroatoms. The number of nitrogens with zero attached hydrogens (tertiary/aromatic N) is 4. The minimum absolute atomic E-state index is 0.105. The second kappa shape index (κ2) is 8.37. The third-order valence-corrected chi connectivity index (χ3v) is 6.01. The number of allylic oxidation sites excluding steroid dienone is 1. The number of carbonyl (C=O) groups excluding carboxylic acids is 1. The van der Waals surface area contributed by atoms with E-state index in [1.165, 1.54) is 22.3 Å². The molecule has 3 heterocycles.